The van der Waals surface area contributed by atoms with Gasteiger partial charge in [-0.2, -0.15) is 0 Å². The fraction of sp³-hybridized carbons (Fsp3) is 0.769. The van der Waals surface area contributed by atoms with Crippen molar-refractivity contribution >= 4 is 17.8 Å². The maximum absolute atomic E-state index is 12.2. The molecule has 0 spiro atoms. The molecule has 0 aromatic carbocycles. The summed E-state index contributed by atoms with van der Waals surface area (Å²) in [6, 6.07) is -0.0964. The zero-order chi connectivity index (χ0) is 13.6. The molecule has 3 fully saturated rings. The van der Waals surface area contributed by atoms with E-state index in [4.69, 9.17) is 5.11 Å². The lowest BCUT2D eigenvalue weighted by Crippen LogP contribution is -2.47. The number of carboxylic acids is 1. The highest BCUT2D eigenvalue weighted by Gasteiger charge is 2.52. The van der Waals surface area contributed by atoms with Crippen LogP contribution in [0.3, 0.4) is 0 Å². The van der Waals surface area contributed by atoms with Gasteiger partial charge in [0.1, 0.15) is 6.04 Å². The van der Waals surface area contributed by atoms with Gasteiger partial charge in [0, 0.05) is 12.6 Å². The number of nitrogens with one attached hydrogen (secondary N) is 1. The predicted molar refractivity (Wildman–Crippen MR) is 65.1 cm³/mol. The summed E-state index contributed by atoms with van der Waals surface area (Å²) in [5.74, 6) is -2.08. The second kappa shape index (κ2) is 4.51. The summed E-state index contributed by atoms with van der Waals surface area (Å²) in [5, 5.41) is 11.8. The van der Waals surface area contributed by atoms with E-state index in [9.17, 15) is 14.4 Å². The first-order valence-corrected chi connectivity index (χ1v) is 6.91. The lowest BCUT2D eigenvalue weighted by Gasteiger charge is -2.24. The van der Waals surface area contributed by atoms with Crippen LogP contribution < -0.4 is 5.32 Å². The third-order valence-electron chi connectivity index (χ3n) is 4.19. The zero-order valence-corrected chi connectivity index (χ0v) is 10.7. The fourth-order valence-corrected chi connectivity index (χ4v) is 2.78. The molecule has 0 aromatic heterocycles. The Morgan fingerprint density at radius 3 is 2.42 bits per heavy atom. The van der Waals surface area contributed by atoms with Gasteiger partial charge in [0.15, 0.2) is 0 Å². The van der Waals surface area contributed by atoms with Crippen molar-refractivity contribution in [2.45, 2.75) is 44.2 Å². The van der Waals surface area contributed by atoms with Crippen LogP contribution in [0.4, 0.5) is 0 Å². The Morgan fingerprint density at radius 2 is 1.84 bits per heavy atom. The van der Waals surface area contributed by atoms with Crippen LogP contribution >= 0.6 is 0 Å². The summed E-state index contributed by atoms with van der Waals surface area (Å²) in [6.07, 6.45) is 3.97. The summed E-state index contributed by atoms with van der Waals surface area (Å²) in [6.45, 7) is 0.574. The van der Waals surface area contributed by atoms with Crippen molar-refractivity contribution in [2.75, 3.05) is 6.54 Å². The van der Waals surface area contributed by atoms with Crippen molar-refractivity contribution in [3.63, 3.8) is 0 Å². The molecular weight excluding hydrogens is 248 g/mol. The molecule has 6 heteroatoms. The number of carbonyl (C=O) groups excluding carboxylic acids is 2. The van der Waals surface area contributed by atoms with Gasteiger partial charge in [-0.3, -0.25) is 14.4 Å². The molecule has 0 bridgehead atoms. The predicted octanol–water partition coefficient (Wildman–Crippen LogP) is -0.0233. The SMILES string of the molecule is O=C(NC1CC1)C1CCCN1C(=O)[C@@H]1C[C@@H]1C(=O)O. The molecule has 2 aliphatic carbocycles. The Balaban J connectivity index is 1.61. The van der Waals surface area contributed by atoms with Gasteiger partial charge in [-0.1, -0.05) is 0 Å². The molecule has 19 heavy (non-hydrogen) atoms. The summed E-state index contributed by atoms with van der Waals surface area (Å²) >= 11 is 0. The number of likely N-dealkylation sites (tertiary alicyclic amines) is 1. The van der Waals surface area contributed by atoms with Crippen LogP contribution in [0.2, 0.25) is 0 Å². The topological polar surface area (TPSA) is 86.7 Å². The lowest BCUT2D eigenvalue weighted by molar-refractivity contribution is -0.143. The molecule has 104 valence electrons. The second-order valence-corrected chi connectivity index (χ2v) is 5.76. The average molecular weight is 266 g/mol. The molecule has 1 aliphatic heterocycles. The van der Waals surface area contributed by atoms with Gasteiger partial charge in [0.05, 0.1) is 11.8 Å². The second-order valence-electron chi connectivity index (χ2n) is 5.76. The van der Waals surface area contributed by atoms with E-state index < -0.39 is 17.8 Å². The molecule has 1 heterocycles. The first-order valence-electron chi connectivity index (χ1n) is 6.91. The highest BCUT2D eigenvalue weighted by Crippen LogP contribution is 2.41. The van der Waals surface area contributed by atoms with Gasteiger partial charge in [-0.25, -0.2) is 0 Å². The molecular formula is C13H18N2O4. The Labute approximate surface area is 111 Å². The van der Waals surface area contributed by atoms with Crippen LogP contribution in [0.5, 0.6) is 0 Å². The van der Waals surface area contributed by atoms with Crippen molar-refractivity contribution in [1.29, 1.82) is 0 Å². The molecule has 0 radical (unpaired) electrons. The Morgan fingerprint density at radius 1 is 1.11 bits per heavy atom. The summed E-state index contributed by atoms with van der Waals surface area (Å²) in [4.78, 5) is 36.7. The van der Waals surface area contributed by atoms with Gasteiger partial charge in [0.25, 0.3) is 0 Å². The van der Waals surface area contributed by atoms with Crippen LogP contribution in [0, 0.1) is 11.8 Å². The Hall–Kier alpha value is -1.59. The van der Waals surface area contributed by atoms with Crippen molar-refractivity contribution in [3.05, 3.63) is 0 Å². The minimum Gasteiger partial charge on any atom is -0.481 e. The van der Waals surface area contributed by atoms with Crippen LogP contribution in [0.15, 0.2) is 0 Å². The lowest BCUT2D eigenvalue weighted by atomic mass is 10.2. The number of aliphatic carboxylic acids is 1. The fourth-order valence-electron chi connectivity index (χ4n) is 2.78. The van der Waals surface area contributed by atoms with Gasteiger partial charge in [-0.15, -0.1) is 0 Å². The van der Waals surface area contributed by atoms with E-state index >= 15 is 0 Å². The minimum atomic E-state index is -0.906. The van der Waals surface area contributed by atoms with Crippen LogP contribution in [-0.4, -0.2) is 46.4 Å². The van der Waals surface area contributed by atoms with Gasteiger partial charge in [0.2, 0.25) is 11.8 Å². The minimum absolute atomic E-state index is 0.0686. The van der Waals surface area contributed by atoms with Crippen molar-refractivity contribution in [2.24, 2.45) is 11.8 Å². The highest BCUT2D eigenvalue weighted by molar-refractivity contribution is 5.93. The molecule has 0 aromatic rings. The highest BCUT2D eigenvalue weighted by atomic mass is 16.4. The summed E-state index contributed by atoms with van der Waals surface area (Å²) in [7, 11) is 0. The third kappa shape index (κ3) is 2.43. The van der Waals surface area contributed by atoms with Crippen LogP contribution in [0.1, 0.15) is 32.1 Å². The van der Waals surface area contributed by atoms with Gasteiger partial charge in [-0.05, 0) is 32.1 Å². The number of carboxylic acid groups (broad SMARTS) is 1. The summed E-state index contributed by atoms with van der Waals surface area (Å²) in [5.41, 5.74) is 0. The standard InChI is InChI=1S/C13H18N2O4/c16-11(14-7-3-4-7)10-2-1-5-15(10)12(17)8-6-9(8)13(18)19/h7-10H,1-6H2,(H,14,16)(H,18,19)/t8-,9+,10?/m1/s1. The molecule has 3 rings (SSSR count). The van der Waals surface area contributed by atoms with E-state index in [2.05, 4.69) is 5.32 Å². The third-order valence-corrected chi connectivity index (χ3v) is 4.19. The zero-order valence-electron chi connectivity index (χ0n) is 10.7. The van der Waals surface area contributed by atoms with Crippen molar-refractivity contribution in [3.8, 4) is 0 Å². The van der Waals surface area contributed by atoms with E-state index in [0.717, 1.165) is 19.3 Å². The number of hydrogen-bond acceptors (Lipinski definition) is 3. The Bertz CT molecular complexity index is 432. The largest absolute Gasteiger partial charge is 0.481 e. The molecule has 2 saturated carbocycles. The number of amides is 2. The number of nitrogens with zero attached hydrogens (tertiary/aromatic N) is 1. The smallest absolute Gasteiger partial charge is 0.307 e. The molecule has 2 amide bonds. The number of rotatable bonds is 4. The molecule has 3 atom stereocenters. The summed E-state index contributed by atoms with van der Waals surface area (Å²) < 4.78 is 0. The van der Waals surface area contributed by atoms with Crippen molar-refractivity contribution in [1.82, 2.24) is 10.2 Å². The molecule has 6 nitrogen and oxygen atoms in total. The quantitative estimate of drug-likeness (QED) is 0.748. The molecule has 1 saturated heterocycles. The van der Waals surface area contributed by atoms with E-state index in [1.807, 2.05) is 0 Å². The maximum Gasteiger partial charge on any atom is 0.307 e. The van der Waals surface area contributed by atoms with Crippen molar-refractivity contribution < 1.29 is 19.5 Å². The van der Waals surface area contributed by atoms with E-state index in [-0.39, 0.29) is 23.9 Å². The maximum atomic E-state index is 12.2. The monoisotopic (exact) mass is 266 g/mol. The first-order chi connectivity index (χ1) is 9.08. The molecule has 1 unspecified atom stereocenters. The number of hydrogen-bond donors (Lipinski definition) is 2. The normalized spacial score (nSPS) is 33.1. The van der Waals surface area contributed by atoms with E-state index in [0.29, 0.717) is 19.4 Å². The molecule has 3 aliphatic rings. The Kier molecular flexibility index (Phi) is 2.95. The van der Waals surface area contributed by atoms with Gasteiger partial charge < -0.3 is 15.3 Å². The van der Waals surface area contributed by atoms with Gasteiger partial charge >= 0.3 is 5.97 Å². The first kappa shape index (κ1) is 12.4. The average Bonchev–Trinajstić information content (AvgIpc) is 3.26. The van der Waals surface area contributed by atoms with E-state index in [1.54, 1.807) is 4.90 Å². The van der Waals surface area contributed by atoms with E-state index in [1.165, 1.54) is 0 Å². The molecule has 2 N–H and O–H groups in total. The van der Waals surface area contributed by atoms with Crippen LogP contribution in [-0.2, 0) is 14.4 Å². The number of carbonyl (C=O) groups is 3. The van der Waals surface area contributed by atoms with Crippen LogP contribution in [0.25, 0.3) is 0 Å².